The molecule has 0 bridgehead atoms. The maximum absolute atomic E-state index is 12.4. The Kier molecular flexibility index (Phi) is 4.61. The molecule has 1 heterocycles. The molecule has 1 aromatic carbocycles. The highest BCUT2D eigenvalue weighted by atomic mass is 16.4. The van der Waals surface area contributed by atoms with Gasteiger partial charge in [0.25, 0.3) is 0 Å². The van der Waals surface area contributed by atoms with E-state index in [4.69, 9.17) is 9.52 Å². The van der Waals surface area contributed by atoms with Crippen LogP contribution >= 0.6 is 0 Å². The van der Waals surface area contributed by atoms with E-state index in [0.29, 0.717) is 22.3 Å². The zero-order chi connectivity index (χ0) is 16.3. The first-order chi connectivity index (χ1) is 10.5. The molecule has 0 unspecified atom stereocenters. The Balaban J connectivity index is 2.79. The van der Waals surface area contributed by atoms with Crippen molar-refractivity contribution in [3.63, 3.8) is 0 Å². The van der Waals surface area contributed by atoms with E-state index in [0.717, 1.165) is 11.1 Å². The molecule has 0 spiro atoms. The molecule has 114 valence electrons. The van der Waals surface area contributed by atoms with Crippen molar-refractivity contribution >= 4 is 22.5 Å². The lowest BCUT2D eigenvalue weighted by Gasteiger charge is -2.08. The molecule has 2 rings (SSSR count). The zero-order valence-corrected chi connectivity index (χ0v) is 12.8. The molecule has 0 saturated heterocycles. The topological polar surface area (TPSA) is 67.5 Å². The third kappa shape index (κ3) is 3.17. The van der Waals surface area contributed by atoms with Crippen LogP contribution in [0, 0.1) is 6.92 Å². The SMILES string of the molecule is CC=CC(=CC)c1cc(=O)c2cc(C)cc(CC(=O)O)c2o1. The summed E-state index contributed by atoms with van der Waals surface area (Å²) in [6.07, 6.45) is 5.36. The van der Waals surface area contributed by atoms with E-state index < -0.39 is 5.97 Å². The van der Waals surface area contributed by atoms with Crippen molar-refractivity contribution in [1.82, 2.24) is 0 Å². The van der Waals surface area contributed by atoms with E-state index in [2.05, 4.69) is 0 Å². The Morgan fingerprint density at radius 3 is 2.59 bits per heavy atom. The summed E-state index contributed by atoms with van der Waals surface area (Å²) in [6.45, 7) is 5.56. The minimum atomic E-state index is -0.959. The fraction of sp³-hybridized carbons (Fsp3) is 0.222. The summed E-state index contributed by atoms with van der Waals surface area (Å²) < 4.78 is 5.85. The molecule has 0 radical (unpaired) electrons. The number of benzene rings is 1. The van der Waals surface area contributed by atoms with Crippen molar-refractivity contribution in [3.8, 4) is 0 Å². The lowest BCUT2D eigenvalue weighted by Crippen LogP contribution is -2.07. The third-order valence-electron chi connectivity index (χ3n) is 3.33. The van der Waals surface area contributed by atoms with E-state index in [9.17, 15) is 9.59 Å². The number of hydrogen-bond donors (Lipinski definition) is 1. The predicted molar refractivity (Wildman–Crippen MR) is 87.0 cm³/mol. The minimum absolute atomic E-state index is 0.171. The molecular formula is C18H18O4. The molecule has 1 N–H and O–H groups in total. The van der Waals surface area contributed by atoms with Gasteiger partial charge < -0.3 is 9.52 Å². The van der Waals surface area contributed by atoms with Gasteiger partial charge in [-0.05, 0) is 32.4 Å². The molecule has 1 aromatic heterocycles. The second-order valence-corrected chi connectivity index (χ2v) is 5.09. The molecule has 0 aliphatic rings. The summed E-state index contributed by atoms with van der Waals surface area (Å²) in [7, 11) is 0. The zero-order valence-electron chi connectivity index (χ0n) is 12.8. The van der Waals surface area contributed by atoms with Crippen molar-refractivity contribution < 1.29 is 14.3 Å². The highest BCUT2D eigenvalue weighted by Gasteiger charge is 2.13. The Morgan fingerprint density at radius 1 is 1.27 bits per heavy atom. The average molecular weight is 298 g/mol. The standard InChI is InChI=1S/C18H18O4/c1-4-6-12(5-2)16-10-15(19)14-8-11(3)7-13(9-17(20)21)18(14)22-16/h4-8,10H,9H2,1-3H3,(H,20,21). The Labute approximate surface area is 128 Å². The van der Waals surface area contributed by atoms with Gasteiger partial charge in [0.05, 0.1) is 11.8 Å². The van der Waals surface area contributed by atoms with Crippen LogP contribution < -0.4 is 5.43 Å². The van der Waals surface area contributed by atoms with E-state index in [1.165, 1.54) is 6.07 Å². The number of aliphatic carboxylic acids is 1. The molecule has 0 saturated carbocycles. The molecule has 4 nitrogen and oxygen atoms in total. The normalized spacial score (nSPS) is 12.2. The van der Waals surface area contributed by atoms with Crippen molar-refractivity contribution in [2.75, 3.05) is 0 Å². The first-order valence-electron chi connectivity index (χ1n) is 7.04. The number of carboxylic acid groups (broad SMARTS) is 1. The van der Waals surface area contributed by atoms with Gasteiger partial charge in [-0.2, -0.15) is 0 Å². The van der Waals surface area contributed by atoms with Crippen LogP contribution in [-0.2, 0) is 11.2 Å². The highest BCUT2D eigenvalue weighted by Crippen LogP contribution is 2.24. The maximum atomic E-state index is 12.4. The summed E-state index contributed by atoms with van der Waals surface area (Å²) >= 11 is 0. The van der Waals surface area contributed by atoms with Gasteiger partial charge >= 0.3 is 5.97 Å². The van der Waals surface area contributed by atoms with Gasteiger partial charge in [0.1, 0.15) is 11.3 Å². The molecule has 22 heavy (non-hydrogen) atoms. The largest absolute Gasteiger partial charge is 0.481 e. The van der Waals surface area contributed by atoms with Gasteiger partial charge in [-0.25, -0.2) is 0 Å². The van der Waals surface area contributed by atoms with Crippen LogP contribution in [0.5, 0.6) is 0 Å². The van der Waals surface area contributed by atoms with Gasteiger partial charge in [0.15, 0.2) is 5.43 Å². The lowest BCUT2D eigenvalue weighted by molar-refractivity contribution is -0.136. The van der Waals surface area contributed by atoms with Crippen molar-refractivity contribution in [2.24, 2.45) is 0 Å². The summed E-state index contributed by atoms with van der Waals surface area (Å²) in [5.41, 5.74) is 2.30. The van der Waals surface area contributed by atoms with Crippen LogP contribution in [0.4, 0.5) is 0 Å². The lowest BCUT2D eigenvalue weighted by atomic mass is 10.0. The molecule has 4 heteroatoms. The van der Waals surface area contributed by atoms with Crippen LogP contribution in [-0.4, -0.2) is 11.1 Å². The number of carboxylic acids is 1. The van der Waals surface area contributed by atoms with Crippen LogP contribution in [0.25, 0.3) is 16.5 Å². The van der Waals surface area contributed by atoms with Crippen LogP contribution in [0.2, 0.25) is 0 Å². The summed E-state index contributed by atoms with van der Waals surface area (Å²) in [5.74, 6) is -0.520. The van der Waals surface area contributed by atoms with E-state index >= 15 is 0 Å². The first kappa shape index (κ1) is 15.8. The molecule has 0 fully saturated rings. The third-order valence-corrected chi connectivity index (χ3v) is 3.33. The van der Waals surface area contributed by atoms with Gasteiger partial charge in [0.2, 0.25) is 0 Å². The Bertz CT molecular complexity index is 838. The van der Waals surface area contributed by atoms with Crippen molar-refractivity contribution in [1.29, 1.82) is 0 Å². The van der Waals surface area contributed by atoms with Crippen molar-refractivity contribution in [2.45, 2.75) is 27.2 Å². The van der Waals surface area contributed by atoms with Gasteiger partial charge in [-0.3, -0.25) is 9.59 Å². The number of carbonyl (C=O) groups is 1. The van der Waals surface area contributed by atoms with Gasteiger partial charge in [0, 0.05) is 17.2 Å². The molecule has 0 amide bonds. The van der Waals surface area contributed by atoms with Gasteiger partial charge in [-0.15, -0.1) is 0 Å². The number of allylic oxidation sites excluding steroid dienone is 4. The summed E-state index contributed by atoms with van der Waals surface area (Å²) in [5, 5.41) is 9.47. The first-order valence-corrected chi connectivity index (χ1v) is 7.04. The Morgan fingerprint density at radius 2 is 2.00 bits per heavy atom. The number of hydrogen-bond acceptors (Lipinski definition) is 3. The Hall–Kier alpha value is -2.62. The monoisotopic (exact) mass is 298 g/mol. The second-order valence-electron chi connectivity index (χ2n) is 5.09. The van der Waals surface area contributed by atoms with E-state index in [-0.39, 0.29) is 11.8 Å². The molecule has 2 aromatic rings. The summed E-state index contributed by atoms with van der Waals surface area (Å²) in [4.78, 5) is 23.4. The smallest absolute Gasteiger partial charge is 0.307 e. The van der Waals surface area contributed by atoms with Crippen LogP contribution in [0.1, 0.15) is 30.7 Å². The van der Waals surface area contributed by atoms with Crippen LogP contribution in [0.15, 0.2) is 45.6 Å². The molecule has 0 atom stereocenters. The van der Waals surface area contributed by atoms with Crippen molar-refractivity contribution in [3.05, 3.63) is 63.5 Å². The average Bonchev–Trinajstić information content (AvgIpc) is 2.45. The molecule has 0 aliphatic carbocycles. The molecular weight excluding hydrogens is 280 g/mol. The quantitative estimate of drug-likeness (QED) is 0.874. The second kappa shape index (κ2) is 6.43. The minimum Gasteiger partial charge on any atom is -0.481 e. The number of aryl methyl sites for hydroxylation is 1. The number of rotatable bonds is 4. The fourth-order valence-corrected chi connectivity index (χ4v) is 2.42. The fourth-order valence-electron chi connectivity index (χ4n) is 2.42. The predicted octanol–water partition coefficient (Wildman–Crippen LogP) is 3.71. The maximum Gasteiger partial charge on any atom is 0.307 e. The highest BCUT2D eigenvalue weighted by molar-refractivity contribution is 5.86. The number of fused-ring (bicyclic) bond motifs is 1. The molecule has 0 aliphatic heterocycles. The summed E-state index contributed by atoms with van der Waals surface area (Å²) in [6, 6.07) is 4.91. The van der Waals surface area contributed by atoms with Crippen LogP contribution in [0.3, 0.4) is 0 Å². The van der Waals surface area contributed by atoms with Gasteiger partial charge in [-0.1, -0.05) is 24.3 Å². The van der Waals surface area contributed by atoms with E-state index in [1.54, 1.807) is 12.1 Å². The van der Waals surface area contributed by atoms with E-state index in [1.807, 2.05) is 39.0 Å².